The molecule has 4 rings (SSSR count). The van der Waals surface area contributed by atoms with E-state index in [4.69, 9.17) is 5.73 Å². The highest BCUT2D eigenvalue weighted by atomic mass is 32.1. The molecule has 0 saturated carbocycles. The molecule has 3 N–H and O–H groups in total. The molecule has 134 valence electrons. The quantitative estimate of drug-likeness (QED) is 0.568. The molecule has 1 amide bonds. The minimum atomic E-state index is -0.229. The summed E-state index contributed by atoms with van der Waals surface area (Å²) in [5.41, 5.74) is 9.59. The van der Waals surface area contributed by atoms with E-state index in [0.717, 1.165) is 22.8 Å². The number of pyridine rings is 1. The van der Waals surface area contributed by atoms with Crippen molar-refractivity contribution in [3.05, 3.63) is 71.4 Å². The zero-order chi connectivity index (χ0) is 18.8. The molecule has 0 aliphatic heterocycles. The van der Waals surface area contributed by atoms with Gasteiger partial charge >= 0.3 is 0 Å². The molecule has 7 nitrogen and oxygen atoms in total. The summed E-state index contributed by atoms with van der Waals surface area (Å²) in [4.78, 5) is 21.2. The third kappa shape index (κ3) is 3.56. The number of carbonyl (C=O) groups excluding carboxylic acids is 1. The summed E-state index contributed by atoms with van der Waals surface area (Å²) in [6.07, 6.45) is 1.71. The van der Waals surface area contributed by atoms with Gasteiger partial charge in [0.15, 0.2) is 5.13 Å². The molecule has 4 aromatic rings. The van der Waals surface area contributed by atoms with Crippen LogP contribution in [-0.4, -0.2) is 25.7 Å². The lowest BCUT2D eigenvalue weighted by atomic mass is 10.2. The van der Waals surface area contributed by atoms with Crippen molar-refractivity contribution in [2.24, 2.45) is 0 Å². The Bertz CT molecular complexity index is 1090. The fraction of sp³-hybridized carbons (Fsp3) is 0.0526. The summed E-state index contributed by atoms with van der Waals surface area (Å²) < 4.78 is 1.64. The predicted molar refractivity (Wildman–Crippen MR) is 106 cm³/mol. The van der Waals surface area contributed by atoms with Crippen LogP contribution in [0.5, 0.6) is 0 Å². The number of nitrogens with two attached hydrogens (primary N) is 1. The highest BCUT2D eigenvalue weighted by molar-refractivity contribution is 7.14. The van der Waals surface area contributed by atoms with Crippen LogP contribution in [0.15, 0.2) is 60.1 Å². The first-order valence-electron chi connectivity index (χ1n) is 8.21. The number of carbonyl (C=O) groups is 1. The van der Waals surface area contributed by atoms with E-state index < -0.39 is 0 Å². The number of aromatic nitrogens is 4. The van der Waals surface area contributed by atoms with Crippen molar-refractivity contribution in [1.82, 2.24) is 19.7 Å². The van der Waals surface area contributed by atoms with Gasteiger partial charge in [0.25, 0.3) is 5.91 Å². The lowest BCUT2D eigenvalue weighted by Gasteiger charge is -2.06. The number of benzene rings is 1. The lowest BCUT2D eigenvalue weighted by molar-refractivity contribution is 0.102. The van der Waals surface area contributed by atoms with E-state index in [2.05, 4.69) is 20.4 Å². The molecule has 0 spiro atoms. The van der Waals surface area contributed by atoms with Gasteiger partial charge in [-0.2, -0.15) is 5.10 Å². The maximum atomic E-state index is 12.5. The first-order valence-corrected chi connectivity index (χ1v) is 9.09. The minimum Gasteiger partial charge on any atom is -0.384 e. The lowest BCUT2D eigenvalue weighted by Crippen LogP contribution is -2.12. The van der Waals surface area contributed by atoms with Gasteiger partial charge in [-0.3, -0.25) is 15.1 Å². The van der Waals surface area contributed by atoms with Crippen molar-refractivity contribution < 1.29 is 4.79 Å². The topological polar surface area (TPSA) is 98.7 Å². The molecule has 0 atom stereocenters. The maximum absolute atomic E-state index is 12.5. The Kier molecular flexibility index (Phi) is 4.39. The third-order valence-electron chi connectivity index (χ3n) is 3.89. The Morgan fingerprint density at radius 2 is 1.96 bits per heavy atom. The molecule has 0 fully saturated rings. The molecule has 1 aromatic carbocycles. The summed E-state index contributed by atoms with van der Waals surface area (Å²) in [5, 5.41) is 9.54. The van der Waals surface area contributed by atoms with E-state index in [1.807, 2.05) is 30.5 Å². The number of nitrogens with zero attached hydrogens (tertiary/aromatic N) is 4. The number of nitrogen functional groups attached to an aromatic ring is 1. The Hall–Kier alpha value is -3.52. The number of amides is 1. The number of nitrogens with one attached hydrogen (secondary N) is 1. The Labute approximate surface area is 159 Å². The van der Waals surface area contributed by atoms with Gasteiger partial charge in [-0.05, 0) is 43.3 Å². The smallest absolute Gasteiger partial charge is 0.257 e. The fourth-order valence-electron chi connectivity index (χ4n) is 2.61. The van der Waals surface area contributed by atoms with E-state index in [1.54, 1.807) is 41.2 Å². The molecular formula is C19H16N6OS. The first-order chi connectivity index (χ1) is 13.1. The van der Waals surface area contributed by atoms with Crippen LogP contribution in [-0.2, 0) is 0 Å². The third-order valence-corrected chi connectivity index (χ3v) is 4.64. The average Bonchev–Trinajstić information content (AvgIpc) is 3.28. The normalized spacial score (nSPS) is 10.7. The van der Waals surface area contributed by atoms with Crippen molar-refractivity contribution in [3.8, 4) is 17.1 Å². The summed E-state index contributed by atoms with van der Waals surface area (Å²) in [5.74, 6) is 0.322. The molecule has 0 bridgehead atoms. The van der Waals surface area contributed by atoms with Crippen LogP contribution in [0, 0.1) is 6.92 Å². The van der Waals surface area contributed by atoms with E-state index in [-0.39, 0.29) is 5.91 Å². The molecule has 0 unspecified atom stereocenters. The molecule has 3 heterocycles. The van der Waals surface area contributed by atoms with Crippen LogP contribution in [0.1, 0.15) is 16.1 Å². The molecule has 27 heavy (non-hydrogen) atoms. The van der Waals surface area contributed by atoms with Crippen molar-refractivity contribution in [1.29, 1.82) is 0 Å². The van der Waals surface area contributed by atoms with Gasteiger partial charge in [-0.1, -0.05) is 6.07 Å². The molecular weight excluding hydrogens is 360 g/mol. The van der Waals surface area contributed by atoms with Crippen molar-refractivity contribution in [3.63, 3.8) is 0 Å². The van der Waals surface area contributed by atoms with Crippen molar-refractivity contribution in [2.75, 3.05) is 11.1 Å². The zero-order valence-electron chi connectivity index (χ0n) is 14.5. The predicted octanol–water partition coefficient (Wildman–Crippen LogP) is 3.53. The van der Waals surface area contributed by atoms with Crippen LogP contribution in [0.25, 0.3) is 17.1 Å². The van der Waals surface area contributed by atoms with Gasteiger partial charge < -0.3 is 5.73 Å². The number of rotatable bonds is 4. The van der Waals surface area contributed by atoms with Crippen LogP contribution in [0.2, 0.25) is 0 Å². The van der Waals surface area contributed by atoms with E-state index >= 15 is 0 Å². The van der Waals surface area contributed by atoms with E-state index in [9.17, 15) is 4.79 Å². The van der Waals surface area contributed by atoms with Crippen molar-refractivity contribution >= 4 is 28.2 Å². The van der Waals surface area contributed by atoms with Crippen LogP contribution < -0.4 is 11.1 Å². The average molecular weight is 376 g/mol. The standard InChI is InChI=1S/C19H16N6OS/c1-12-10-17(20)25(24-12)14-7-5-13(6-8-14)18(26)23-19-22-16(11-27-19)15-4-2-3-9-21-15/h2-11H,20H2,1H3,(H,22,23,26). The molecule has 0 saturated heterocycles. The Morgan fingerprint density at radius 3 is 2.63 bits per heavy atom. The van der Waals surface area contributed by atoms with Gasteiger partial charge in [-0.15, -0.1) is 11.3 Å². The second kappa shape index (κ2) is 7.00. The Morgan fingerprint density at radius 1 is 1.15 bits per heavy atom. The van der Waals surface area contributed by atoms with Gasteiger partial charge in [0.05, 0.1) is 17.1 Å². The second-order valence-electron chi connectivity index (χ2n) is 5.88. The van der Waals surface area contributed by atoms with Gasteiger partial charge in [0.1, 0.15) is 11.5 Å². The number of hydrogen-bond acceptors (Lipinski definition) is 6. The molecule has 0 aliphatic carbocycles. The SMILES string of the molecule is Cc1cc(N)n(-c2ccc(C(=O)Nc3nc(-c4ccccn4)cs3)cc2)n1. The highest BCUT2D eigenvalue weighted by Gasteiger charge is 2.11. The minimum absolute atomic E-state index is 0.229. The maximum Gasteiger partial charge on any atom is 0.257 e. The summed E-state index contributed by atoms with van der Waals surface area (Å²) >= 11 is 1.36. The summed E-state index contributed by atoms with van der Waals surface area (Å²) in [6, 6.07) is 14.5. The highest BCUT2D eigenvalue weighted by Crippen LogP contribution is 2.23. The summed E-state index contributed by atoms with van der Waals surface area (Å²) in [7, 11) is 0. The summed E-state index contributed by atoms with van der Waals surface area (Å²) in [6.45, 7) is 1.88. The Balaban J connectivity index is 1.49. The van der Waals surface area contributed by atoms with Gasteiger partial charge in [0.2, 0.25) is 0 Å². The largest absolute Gasteiger partial charge is 0.384 e. The van der Waals surface area contributed by atoms with Crippen molar-refractivity contribution in [2.45, 2.75) is 6.92 Å². The monoisotopic (exact) mass is 376 g/mol. The number of thiazole rings is 1. The van der Waals surface area contributed by atoms with Gasteiger partial charge in [-0.25, -0.2) is 9.67 Å². The number of hydrogen-bond donors (Lipinski definition) is 2. The van der Waals surface area contributed by atoms with Crippen LogP contribution >= 0.6 is 11.3 Å². The number of anilines is 2. The molecule has 0 radical (unpaired) electrons. The van der Waals surface area contributed by atoms with E-state index in [0.29, 0.717) is 16.5 Å². The van der Waals surface area contributed by atoms with Crippen LogP contribution in [0.4, 0.5) is 10.9 Å². The second-order valence-corrected chi connectivity index (χ2v) is 6.73. The van der Waals surface area contributed by atoms with E-state index in [1.165, 1.54) is 11.3 Å². The number of aryl methyl sites for hydroxylation is 1. The first kappa shape index (κ1) is 16.9. The van der Waals surface area contributed by atoms with Gasteiger partial charge in [0, 0.05) is 23.2 Å². The van der Waals surface area contributed by atoms with Crippen LogP contribution in [0.3, 0.4) is 0 Å². The molecule has 3 aromatic heterocycles. The molecule has 0 aliphatic rings. The molecule has 8 heteroatoms. The zero-order valence-corrected chi connectivity index (χ0v) is 15.3. The fourth-order valence-corrected chi connectivity index (χ4v) is 3.31.